The predicted molar refractivity (Wildman–Crippen MR) is 91.5 cm³/mol. The van der Waals surface area contributed by atoms with Gasteiger partial charge >= 0.3 is 0 Å². The number of benzene rings is 1. The molecule has 0 saturated heterocycles. The van der Waals surface area contributed by atoms with Crippen molar-refractivity contribution in [1.29, 1.82) is 0 Å². The summed E-state index contributed by atoms with van der Waals surface area (Å²) in [5, 5.41) is 3.51. The first-order chi connectivity index (χ1) is 9.83. The minimum atomic E-state index is 1.11. The average Bonchev–Trinajstić information content (AvgIpc) is 2.45. The summed E-state index contributed by atoms with van der Waals surface area (Å²) in [4.78, 5) is 0. The zero-order valence-electron chi connectivity index (χ0n) is 13.6. The van der Waals surface area contributed by atoms with E-state index >= 15 is 0 Å². The van der Waals surface area contributed by atoms with Crippen molar-refractivity contribution in [2.75, 3.05) is 11.9 Å². The maximum atomic E-state index is 3.51. The van der Waals surface area contributed by atoms with E-state index in [0.717, 1.165) is 6.54 Å². The van der Waals surface area contributed by atoms with Gasteiger partial charge in [0.2, 0.25) is 0 Å². The standard InChI is InChI=1S/C19H33N/c1-3-4-5-6-7-8-9-10-11-12-16-20-19-15-13-14-18(2)17-19/h13-15,17,20H,3-12,16H2,1-2H3. The molecule has 1 aromatic carbocycles. The summed E-state index contributed by atoms with van der Waals surface area (Å²) >= 11 is 0. The quantitative estimate of drug-likeness (QED) is 0.440. The molecule has 0 aliphatic heterocycles. The van der Waals surface area contributed by atoms with E-state index in [4.69, 9.17) is 0 Å². The molecule has 0 saturated carbocycles. The first-order valence-electron chi connectivity index (χ1n) is 8.63. The molecule has 1 rings (SSSR count). The third-order valence-corrected chi connectivity index (χ3v) is 3.88. The van der Waals surface area contributed by atoms with Gasteiger partial charge < -0.3 is 5.32 Å². The number of hydrogen-bond acceptors (Lipinski definition) is 1. The van der Waals surface area contributed by atoms with Gasteiger partial charge in [0.15, 0.2) is 0 Å². The summed E-state index contributed by atoms with van der Waals surface area (Å²) in [7, 11) is 0. The van der Waals surface area contributed by atoms with Crippen LogP contribution >= 0.6 is 0 Å². The van der Waals surface area contributed by atoms with E-state index in [0.29, 0.717) is 0 Å². The van der Waals surface area contributed by atoms with Crippen LogP contribution in [0.3, 0.4) is 0 Å². The molecule has 114 valence electrons. The number of anilines is 1. The molecule has 20 heavy (non-hydrogen) atoms. The molecule has 0 bridgehead atoms. The van der Waals surface area contributed by atoms with Crippen molar-refractivity contribution < 1.29 is 0 Å². The van der Waals surface area contributed by atoms with Crippen molar-refractivity contribution in [2.45, 2.75) is 78.1 Å². The summed E-state index contributed by atoms with van der Waals surface area (Å²) in [6.45, 7) is 5.54. The van der Waals surface area contributed by atoms with Gasteiger partial charge in [-0.1, -0.05) is 76.8 Å². The van der Waals surface area contributed by atoms with E-state index < -0.39 is 0 Å². The van der Waals surface area contributed by atoms with Gasteiger partial charge in [0.1, 0.15) is 0 Å². The molecule has 0 spiro atoms. The lowest BCUT2D eigenvalue weighted by molar-refractivity contribution is 0.560. The molecule has 0 heterocycles. The van der Waals surface area contributed by atoms with Crippen molar-refractivity contribution in [3.8, 4) is 0 Å². The van der Waals surface area contributed by atoms with Crippen molar-refractivity contribution in [3.63, 3.8) is 0 Å². The van der Waals surface area contributed by atoms with Gasteiger partial charge in [-0.15, -0.1) is 0 Å². The second-order valence-corrected chi connectivity index (χ2v) is 5.98. The maximum Gasteiger partial charge on any atom is 0.0342 e. The zero-order chi connectivity index (χ0) is 14.5. The lowest BCUT2D eigenvalue weighted by Crippen LogP contribution is -2.01. The minimum Gasteiger partial charge on any atom is -0.385 e. The molecule has 1 N–H and O–H groups in total. The summed E-state index contributed by atoms with van der Waals surface area (Å²) in [5.41, 5.74) is 2.60. The molecule has 0 aromatic heterocycles. The van der Waals surface area contributed by atoms with Crippen molar-refractivity contribution in [3.05, 3.63) is 29.8 Å². The summed E-state index contributed by atoms with van der Waals surface area (Å²) in [6.07, 6.45) is 14.0. The van der Waals surface area contributed by atoms with Crippen LogP contribution in [0.15, 0.2) is 24.3 Å². The van der Waals surface area contributed by atoms with Crippen LogP contribution in [0.1, 0.15) is 76.7 Å². The lowest BCUT2D eigenvalue weighted by Gasteiger charge is -2.07. The SMILES string of the molecule is CCCCCCCCCCCCNc1cccc(C)c1. The molecule has 0 aliphatic rings. The molecule has 1 nitrogen and oxygen atoms in total. The number of nitrogens with one attached hydrogen (secondary N) is 1. The minimum absolute atomic E-state index is 1.11. The molecule has 0 fully saturated rings. The molecule has 0 atom stereocenters. The Morgan fingerprint density at radius 3 is 2.00 bits per heavy atom. The molecular weight excluding hydrogens is 242 g/mol. The highest BCUT2D eigenvalue weighted by Gasteiger charge is 1.94. The van der Waals surface area contributed by atoms with Crippen molar-refractivity contribution in [2.24, 2.45) is 0 Å². The second kappa shape index (κ2) is 11.8. The van der Waals surface area contributed by atoms with Crippen LogP contribution in [-0.2, 0) is 0 Å². The summed E-state index contributed by atoms with van der Waals surface area (Å²) in [5.74, 6) is 0. The Morgan fingerprint density at radius 2 is 1.40 bits per heavy atom. The Bertz CT molecular complexity index is 332. The number of unbranched alkanes of at least 4 members (excludes halogenated alkanes) is 9. The van der Waals surface area contributed by atoms with Gasteiger partial charge in [0.25, 0.3) is 0 Å². The third-order valence-electron chi connectivity index (χ3n) is 3.88. The van der Waals surface area contributed by atoms with Crippen LogP contribution in [0.2, 0.25) is 0 Å². The van der Waals surface area contributed by atoms with Gasteiger partial charge in [0, 0.05) is 12.2 Å². The molecule has 1 heteroatoms. The third kappa shape index (κ3) is 9.01. The Labute approximate surface area is 126 Å². The normalized spacial score (nSPS) is 10.7. The predicted octanol–water partition coefficient (Wildman–Crippen LogP) is 6.33. The monoisotopic (exact) mass is 275 g/mol. The van der Waals surface area contributed by atoms with E-state index in [1.165, 1.54) is 75.5 Å². The Hall–Kier alpha value is -0.980. The Kier molecular flexibility index (Phi) is 10.1. The first kappa shape index (κ1) is 17.1. The van der Waals surface area contributed by atoms with E-state index in [9.17, 15) is 0 Å². The highest BCUT2D eigenvalue weighted by Crippen LogP contribution is 2.12. The van der Waals surface area contributed by atoms with Crippen LogP contribution in [0.4, 0.5) is 5.69 Å². The first-order valence-corrected chi connectivity index (χ1v) is 8.63. The highest BCUT2D eigenvalue weighted by molar-refractivity contribution is 5.45. The van der Waals surface area contributed by atoms with Crippen LogP contribution < -0.4 is 5.32 Å². The van der Waals surface area contributed by atoms with Gasteiger partial charge in [-0.3, -0.25) is 0 Å². The van der Waals surface area contributed by atoms with Crippen LogP contribution in [0.5, 0.6) is 0 Å². The van der Waals surface area contributed by atoms with E-state index in [2.05, 4.69) is 43.4 Å². The van der Waals surface area contributed by atoms with E-state index in [1.54, 1.807) is 0 Å². The summed E-state index contributed by atoms with van der Waals surface area (Å²) < 4.78 is 0. The molecule has 0 aliphatic carbocycles. The maximum absolute atomic E-state index is 3.51. The Balaban J connectivity index is 1.85. The lowest BCUT2D eigenvalue weighted by atomic mass is 10.1. The van der Waals surface area contributed by atoms with Crippen LogP contribution in [0.25, 0.3) is 0 Å². The number of hydrogen-bond donors (Lipinski definition) is 1. The summed E-state index contributed by atoms with van der Waals surface area (Å²) in [6, 6.07) is 8.64. The van der Waals surface area contributed by atoms with Crippen molar-refractivity contribution in [1.82, 2.24) is 0 Å². The topological polar surface area (TPSA) is 12.0 Å². The molecule has 1 aromatic rings. The van der Waals surface area contributed by atoms with Crippen LogP contribution in [-0.4, -0.2) is 6.54 Å². The average molecular weight is 275 g/mol. The number of aryl methyl sites for hydroxylation is 1. The fraction of sp³-hybridized carbons (Fsp3) is 0.684. The fourth-order valence-corrected chi connectivity index (χ4v) is 2.60. The second-order valence-electron chi connectivity index (χ2n) is 5.98. The molecule has 0 radical (unpaired) electrons. The number of rotatable bonds is 12. The smallest absolute Gasteiger partial charge is 0.0342 e. The molecule has 0 unspecified atom stereocenters. The highest BCUT2D eigenvalue weighted by atomic mass is 14.9. The van der Waals surface area contributed by atoms with E-state index in [-0.39, 0.29) is 0 Å². The van der Waals surface area contributed by atoms with Gasteiger partial charge in [-0.05, 0) is 31.0 Å². The fourth-order valence-electron chi connectivity index (χ4n) is 2.60. The van der Waals surface area contributed by atoms with Crippen molar-refractivity contribution >= 4 is 5.69 Å². The van der Waals surface area contributed by atoms with Gasteiger partial charge in [-0.2, -0.15) is 0 Å². The van der Waals surface area contributed by atoms with Crippen LogP contribution in [0, 0.1) is 6.92 Å². The zero-order valence-corrected chi connectivity index (χ0v) is 13.6. The largest absolute Gasteiger partial charge is 0.385 e. The molecular formula is C19H33N. The molecule has 0 amide bonds. The van der Waals surface area contributed by atoms with Gasteiger partial charge in [-0.25, -0.2) is 0 Å². The van der Waals surface area contributed by atoms with E-state index in [1.807, 2.05) is 0 Å². The van der Waals surface area contributed by atoms with Gasteiger partial charge in [0.05, 0.1) is 0 Å². The Morgan fingerprint density at radius 1 is 0.800 bits per heavy atom.